The second kappa shape index (κ2) is 8.20. The summed E-state index contributed by atoms with van der Waals surface area (Å²) in [6.45, 7) is -0.198. The normalized spacial score (nSPS) is 12.5. The number of hydrogen-bond acceptors (Lipinski definition) is 2. The molecule has 0 aromatic heterocycles. The van der Waals surface area contributed by atoms with Crippen LogP contribution in [0.4, 0.5) is 17.6 Å². The predicted octanol–water partition coefficient (Wildman–Crippen LogP) is 4.67. The minimum Gasteiger partial charge on any atom is -0.491 e. The van der Waals surface area contributed by atoms with Gasteiger partial charge in [0.05, 0.1) is 18.1 Å². The zero-order chi connectivity index (χ0) is 18.4. The fraction of sp³-hybridized carbons (Fsp3) is 0.235. The van der Waals surface area contributed by atoms with Gasteiger partial charge in [-0.15, -0.1) is 0 Å². The fourth-order valence-corrected chi connectivity index (χ4v) is 2.30. The molecule has 0 bridgehead atoms. The number of hydrogen-bond donors (Lipinski definition) is 1. The molecule has 1 atom stereocenters. The van der Waals surface area contributed by atoms with E-state index in [1.165, 1.54) is 30.3 Å². The Labute approximate surface area is 146 Å². The van der Waals surface area contributed by atoms with Crippen molar-refractivity contribution in [3.8, 4) is 5.75 Å². The van der Waals surface area contributed by atoms with Gasteiger partial charge in [-0.05, 0) is 23.8 Å². The van der Waals surface area contributed by atoms with E-state index >= 15 is 0 Å². The van der Waals surface area contributed by atoms with Crippen molar-refractivity contribution in [3.05, 3.63) is 64.9 Å². The van der Waals surface area contributed by atoms with Crippen LogP contribution < -0.4 is 10.1 Å². The van der Waals surface area contributed by atoms with Crippen molar-refractivity contribution >= 4 is 17.5 Å². The third-order valence-electron chi connectivity index (χ3n) is 3.25. The van der Waals surface area contributed by atoms with Crippen LogP contribution in [-0.2, 0) is 4.79 Å². The molecule has 0 aliphatic carbocycles. The van der Waals surface area contributed by atoms with Crippen LogP contribution >= 0.6 is 11.6 Å². The molecule has 25 heavy (non-hydrogen) atoms. The molecule has 1 N–H and O–H groups in total. The summed E-state index contributed by atoms with van der Waals surface area (Å²) in [6, 6.07) is 8.40. The Hall–Kier alpha value is -2.28. The minimum absolute atomic E-state index is 0.0119. The molecule has 1 amide bonds. The van der Waals surface area contributed by atoms with Gasteiger partial charge in [0.2, 0.25) is 5.91 Å². The summed E-state index contributed by atoms with van der Waals surface area (Å²) >= 11 is 5.75. The molecule has 0 saturated carbocycles. The Morgan fingerprint density at radius 3 is 2.44 bits per heavy atom. The molecule has 2 rings (SSSR count). The molecule has 134 valence electrons. The van der Waals surface area contributed by atoms with Gasteiger partial charge in [-0.3, -0.25) is 4.79 Å². The van der Waals surface area contributed by atoms with E-state index in [0.29, 0.717) is 0 Å². The lowest BCUT2D eigenvalue weighted by molar-refractivity contribution is -0.163. The number of carbonyl (C=O) groups excluding carboxylic acids is 1. The molecule has 0 heterocycles. The molecule has 0 aliphatic heterocycles. The lowest BCUT2D eigenvalue weighted by atomic mass is 10.1. The molecule has 2 aromatic rings. The van der Waals surface area contributed by atoms with Gasteiger partial charge in [0.25, 0.3) is 0 Å². The van der Waals surface area contributed by atoms with Crippen molar-refractivity contribution < 1.29 is 27.1 Å². The smallest absolute Gasteiger partial charge is 0.412 e. The van der Waals surface area contributed by atoms with E-state index in [4.69, 9.17) is 16.3 Å². The van der Waals surface area contributed by atoms with Gasteiger partial charge >= 0.3 is 6.18 Å². The molecule has 0 aliphatic rings. The van der Waals surface area contributed by atoms with E-state index < -0.39 is 23.9 Å². The van der Waals surface area contributed by atoms with Crippen molar-refractivity contribution in [2.45, 2.75) is 18.6 Å². The van der Waals surface area contributed by atoms with Crippen molar-refractivity contribution in [2.75, 3.05) is 6.61 Å². The molecule has 2 aromatic carbocycles. The second-order valence-electron chi connectivity index (χ2n) is 5.13. The lowest BCUT2D eigenvalue weighted by Crippen LogP contribution is -2.38. The summed E-state index contributed by atoms with van der Waals surface area (Å²) in [4.78, 5) is 11.8. The predicted molar refractivity (Wildman–Crippen MR) is 84.9 cm³/mol. The van der Waals surface area contributed by atoms with Gasteiger partial charge in [0.1, 0.15) is 11.6 Å². The van der Waals surface area contributed by atoms with Gasteiger partial charge in [0, 0.05) is 0 Å². The molecule has 1 unspecified atom stereocenters. The Morgan fingerprint density at radius 1 is 1.16 bits per heavy atom. The highest BCUT2D eigenvalue weighted by atomic mass is 35.5. The number of carbonyl (C=O) groups is 1. The number of amides is 1. The average Bonchev–Trinajstić information content (AvgIpc) is 2.54. The second-order valence-corrected chi connectivity index (χ2v) is 5.53. The van der Waals surface area contributed by atoms with Gasteiger partial charge in [-0.25, -0.2) is 4.39 Å². The van der Waals surface area contributed by atoms with E-state index in [9.17, 15) is 22.4 Å². The number of ether oxygens (including phenoxy) is 1. The average molecular weight is 376 g/mol. The quantitative estimate of drug-likeness (QED) is 0.745. The van der Waals surface area contributed by atoms with Crippen LogP contribution in [0.3, 0.4) is 0 Å². The Kier molecular flexibility index (Phi) is 6.25. The topological polar surface area (TPSA) is 38.3 Å². The van der Waals surface area contributed by atoms with Crippen LogP contribution in [0, 0.1) is 5.82 Å². The minimum atomic E-state index is -4.63. The first-order valence-corrected chi connectivity index (χ1v) is 7.64. The molecular weight excluding hydrogens is 362 g/mol. The Balaban J connectivity index is 1.93. The zero-order valence-corrected chi connectivity index (χ0v) is 13.6. The maximum Gasteiger partial charge on any atom is 0.412 e. The lowest BCUT2D eigenvalue weighted by Gasteiger charge is -2.22. The maximum atomic E-state index is 13.1. The summed E-state index contributed by atoms with van der Waals surface area (Å²) in [5.41, 5.74) is -0.0640. The van der Waals surface area contributed by atoms with E-state index in [2.05, 4.69) is 0 Å². The van der Waals surface area contributed by atoms with Crippen LogP contribution in [0.2, 0.25) is 5.02 Å². The zero-order valence-electron chi connectivity index (χ0n) is 12.8. The Bertz CT molecular complexity index is 722. The highest BCUT2D eigenvalue weighted by Gasteiger charge is 2.41. The maximum absolute atomic E-state index is 13.1. The highest BCUT2D eigenvalue weighted by molar-refractivity contribution is 6.32. The van der Waals surface area contributed by atoms with Crippen molar-refractivity contribution in [1.29, 1.82) is 0 Å². The summed E-state index contributed by atoms with van der Waals surface area (Å²) in [6.07, 6.45) is -4.94. The number of nitrogens with one attached hydrogen (secondary N) is 1. The number of halogens is 5. The van der Waals surface area contributed by atoms with Gasteiger partial charge in [-0.2, -0.15) is 13.2 Å². The van der Waals surface area contributed by atoms with E-state index in [1.807, 2.05) is 5.32 Å². The number of rotatable bonds is 6. The van der Waals surface area contributed by atoms with Crippen LogP contribution in [-0.4, -0.2) is 18.7 Å². The summed E-state index contributed by atoms with van der Waals surface area (Å²) in [5, 5.41) is 1.96. The molecule has 0 spiro atoms. The molecule has 8 heteroatoms. The summed E-state index contributed by atoms with van der Waals surface area (Å²) in [7, 11) is 0. The monoisotopic (exact) mass is 375 g/mol. The van der Waals surface area contributed by atoms with Gasteiger partial charge < -0.3 is 10.1 Å². The first-order chi connectivity index (χ1) is 11.8. The molecule has 0 fully saturated rings. The SMILES string of the molecule is O=C(CCOc1ccc(F)cc1Cl)NC(c1ccccc1)C(F)(F)F. The number of alkyl halides is 3. The largest absolute Gasteiger partial charge is 0.491 e. The first-order valence-electron chi connectivity index (χ1n) is 7.26. The highest BCUT2D eigenvalue weighted by Crippen LogP contribution is 2.32. The van der Waals surface area contributed by atoms with E-state index in [1.54, 1.807) is 6.07 Å². The van der Waals surface area contributed by atoms with Crippen molar-refractivity contribution in [3.63, 3.8) is 0 Å². The van der Waals surface area contributed by atoms with Crippen LogP contribution in [0.25, 0.3) is 0 Å². The fourth-order valence-electron chi connectivity index (χ4n) is 2.08. The van der Waals surface area contributed by atoms with Crippen molar-refractivity contribution in [2.24, 2.45) is 0 Å². The standard InChI is InChI=1S/C17H14ClF4NO2/c18-13-10-12(19)6-7-14(13)25-9-8-15(24)23-16(17(20,21)22)11-4-2-1-3-5-11/h1-7,10,16H,8-9H2,(H,23,24). The Morgan fingerprint density at radius 2 is 1.84 bits per heavy atom. The molecule has 0 saturated heterocycles. The molecule has 0 radical (unpaired) electrons. The molecular formula is C17H14ClF4NO2. The van der Waals surface area contributed by atoms with E-state index in [0.717, 1.165) is 12.1 Å². The third-order valence-corrected chi connectivity index (χ3v) is 3.54. The van der Waals surface area contributed by atoms with Crippen LogP contribution in [0.5, 0.6) is 5.75 Å². The van der Waals surface area contributed by atoms with Gasteiger partial charge in [-0.1, -0.05) is 41.9 Å². The third kappa shape index (κ3) is 5.63. The summed E-state index contributed by atoms with van der Waals surface area (Å²) in [5.74, 6) is -1.23. The van der Waals surface area contributed by atoms with Gasteiger partial charge in [0.15, 0.2) is 6.04 Å². The van der Waals surface area contributed by atoms with Crippen LogP contribution in [0.1, 0.15) is 18.0 Å². The van der Waals surface area contributed by atoms with Crippen molar-refractivity contribution in [1.82, 2.24) is 5.32 Å². The first kappa shape index (κ1) is 19.1. The van der Waals surface area contributed by atoms with E-state index in [-0.39, 0.29) is 29.4 Å². The van der Waals surface area contributed by atoms with Crippen LogP contribution in [0.15, 0.2) is 48.5 Å². The molecule has 3 nitrogen and oxygen atoms in total. The number of benzene rings is 2. The summed E-state index contributed by atoms with van der Waals surface area (Å²) < 4.78 is 57.5.